The molecule has 1 aromatic carbocycles. The molecular weight excluding hydrogens is 278 g/mol. The lowest BCUT2D eigenvalue weighted by Crippen LogP contribution is -2.15. The van der Waals surface area contributed by atoms with Crippen molar-refractivity contribution >= 4 is 27.1 Å². The van der Waals surface area contributed by atoms with Gasteiger partial charge >= 0.3 is 0 Å². The maximum absolute atomic E-state index is 12.0. The molecule has 7 heteroatoms. The molecule has 0 aliphatic rings. The molecule has 1 aromatic heterocycles. The molecule has 20 heavy (non-hydrogen) atoms. The Morgan fingerprint density at radius 2 is 1.90 bits per heavy atom. The number of hydrogen-bond donors (Lipinski definition) is 2. The molecule has 3 N–H and O–H groups in total. The van der Waals surface area contributed by atoms with Crippen molar-refractivity contribution < 1.29 is 13.2 Å². The molecule has 0 aliphatic heterocycles. The number of para-hydroxylation sites is 1. The zero-order valence-electron chi connectivity index (χ0n) is 10.7. The van der Waals surface area contributed by atoms with E-state index in [-0.39, 0.29) is 16.3 Å². The van der Waals surface area contributed by atoms with E-state index >= 15 is 0 Å². The summed E-state index contributed by atoms with van der Waals surface area (Å²) in [7, 11) is -3.42. The molecule has 1 heterocycles. The Kier molecular flexibility index (Phi) is 3.71. The van der Waals surface area contributed by atoms with Crippen LogP contribution in [0.25, 0.3) is 0 Å². The number of benzene rings is 1. The molecule has 0 fully saturated rings. The van der Waals surface area contributed by atoms with E-state index in [1.54, 1.807) is 18.2 Å². The van der Waals surface area contributed by atoms with Crippen LogP contribution in [0.2, 0.25) is 0 Å². The third kappa shape index (κ3) is 3.12. The summed E-state index contributed by atoms with van der Waals surface area (Å²) >= 11 is 0. The van der Waals surface area contributed by atoms with Gasteiger partial charge in [-0.2, -0.15) is 0 Å². The smallest absolute Gasteiger partial charge is 0.274 e. The van der Waals surface area contributed by atoms with E-state index in [2.05, 4.69) is 10.3 Å². The first kappa shape index (κ1) is 14.0. The second kappa shape index (κ2) is 5.30. The molecule has 0 bridgehead atoms. The summed E-state index contributed by atoms with van der Waals surface area (Å²) in [6.07, 6.45) is 2.44. The minimum Gasteiger partial charge on any atom is -0.397 e. The molecule has 0 atom stereocenters. The first-order chi connectivity index (χ1) is 9.38. The SMILES string of the molecule is CS(=O)(=O)c1ccccc1NC(=O)c1ccc(N)cn1. The molecule has 0 saturated carbocycles. The van der Waals surface area contributed by atoms with Gasteiger partial charge in [0.25, 0.3) is 5.91 Å². The van der Waals surface area contributed by atoms with Crippen LogP contribution >= 0.6 is 0 Å². The molecule has 2 aromatic rings. The molecule has 0 radical (unpaired) electrons. The average molecular weight is 291 g/mol. The van der Waals surface area contributed by atoms with Crippen LogP contribution in [0.1, 0.15) is 10.5 Å². The molecule has 104 valence electrons. The highest BCUT2D eigenvalue weighted by Gasteiger charge is 2.15. The number of pyridine rings is 1. The summed E-state index contributed by atoms with van der Waals surface area (Å²) < 4.78 is 23.3. The number of sulfone groups is 1. The molecule has 0 spiro atoms. The fraction of sp³-hybridized carbons (Fsp3) is 0.0769. The number of nitrogen functional groups attached to an aromatic ring is 1. The number of nitrogens with one attached hydrogen (secondary N) is 1. The van der Waals surface area contributed by atoms with E-state index in [0.717, 1.165) is 6.26 Å². The number of carbonyl (C=O) groups excluding carboxylic acids is 1. The first-order valence-electron chi connectivity index (χ1n) is 5.70. The monoisotopic (exact) mass is 291 g/mol. The second-order valence-corrected chi connectivity index (χ2v) is 6.18. The van der Waals surface area contributed by atoms with Crippen molar-refractivity contribution in [3.63, 3.8) is 0 Å². The minimum atomic E-state index is -3.42. The van der Waals surface area contributed by atoms with Gasteiger partial charge in [0.1, 0.15) is 5.69 Å². The highest BCUT2D eigenvalue weighted by molar-refractivity contribution is 7.90. The second-order valence-electron chi connectivity index (χ2n) is 4.20. The molecule has 0 saturated heterocycles. The summed E-state index contributed by atoms with van der Waals surface area (Å²) in [5.41, 5.74) is 6.31. The fourth-order valence-electron chi connectivity index (χ4n) is 1.62. The van der Waals surface area contributed by atoms with E-state index in [9.17, 15) is 13.2 Å². The van der Waals surface area contributed by atoms with Crippen molar-refractivity contribution in [1.29, 1.82) is 0 Å². The topological polar surface area (TPSA) is 102 Å². The molecule has 1 amide bonds. The van der Waals surface area contributed by atoms with E-state index in [4.69, 9.17) is 5.73 Å². The average Bonchev–Trinajstić information content (AvgIpc) is 2.38. The third-order valence-corrected chi connectivity index (χ3v) is 3.71. The van der Waals surface area contributed by atoms with Crippen LogP contribution in [-0.2, 0) is 9.84 Å². The molecule has 0 unspecified atom stereocenters. The normalized spacial score (nSPS) is 11.1. The van der Waals surface area contributed by atoms with Crippen molar-refractivity contribution in [3.05, 3.63) is 48.3 Å². The van der Waals surface area contributed by atoms with Gasteiger partial charge < -0.3 is 11.1 Å². The molecule has 2 rings (SSSR count). The van der Waals surface area contributed by atoms with Crippen LogP contribution in [-0.4, -0.2) is 25.6 Å². The van der Waals surface area contributed by atoms with Crippen molar-refractivity contribution in [1.82, 2.24) is 4.98 Å². The van der Waals surface area contributed by atoms with Gasteiger partial charge in [0, 0.05) is 6.26 Å². The zero-order chi connectivity index (χ0) is 14.8. The largest absolute Gasteiger partial charge is 0.397 e. The zero-order valence-corrected chi connectivity index (χ0v) is 11.5. The number of carbonyl (C=O) groups is 1. The lowest BCUT2D eigenvalue weighted by Gasteiger charge is -2.09. The van der Waals surface area contributed by atoms with Gasteiger partial charge in [-0.15, -0.1) is 0 Å². The van der Waals surface area contributed by atoms with Gasteiger partial charge in [0.05, 0.1) is 22.5 Å². The van der Waals surface area contributed by atoms with Gasteiger partial charge in [-0.25, -0.2) is 13.4 Å². The lowest BCUT2D eigenvalue weighted by atomic mass is 10.3. The van der Waals surface area contributed by atoms with Crippen molar-refractivity contribution in [2.24, 2.45) is 0 Å². The maximum Gasteiger partial charge on any atom is 0.274 e. The van der Waals surface area contributed by atoms with Gasteiger partial charge in [-0.1, -0.05) is 12.1 Å². The highest BCUT2D eigenvalue weighted by Crippen LogP contribution is 2.21. The third-order valence-electron chi connectivity index (χ3n) is 2.55. The Balaban J connectivity index is 2.31. The maximum atomic E-state index is 12.0. The summed E-state index contributed by atoms with van der Waals surface area (Å²) in [4.78, 5) is 15.9. The Morgan fingerprint density at radius 1 is 1.20 bits per heavy atom. The van der Waals surface area contributed by atoms with Gasteiger partial charge in [-0.3, -0.25) is 4.79 Å². The number of hydrogen-bond acceptors (Lipinski definition) is 5. The quantitative estimate of drug-likeness (QED) is 0.888. The van der Waals surface area contributed by atoms with Gasteiger partial charge in [0.15, 0.2) is 9.84 Å². The van der Waals surface area contributed by atoms with E-state index in [1.165, 1.54) is 24.4 Å². The van der Waals surface area contributed by atoms with Crippen molar-refractivity contribution in [2.75, 3.05) is 17.3 Å². The summed E-state index contributed by atoms with van der Waals surface area (Å²) in [5, 5.41) is 2.53. The predicted molar refractivity (Wildman–Crippen MR) is 76.2 cm³/mol. The standard InChI is InChI=1S/C13H13N3O3S/c1-20(18,19)12-5-3-2-4-10(12)16-13(17)11-7-6-9(14)8-15-11/h2-8H,14H2,1H3,(H,16,17). The van der Waals surface area contributed by atoms with Gasteiger partial charge in [-0.05, 0) is 24.3 Å². The first-order valence-corrected chi connectivity index (χ1v) is 7.59. The minimum absolute atomic E-state index is 0.0591. The van der Waals surface area contributed by atoms with Crippen LogP contribution in [0.3, 0.4) is 0 Å². The molecule has 6 nitrogen and oxygen atoms in total. The summed E-state index contributed by atoms with van der Waals surface area (Å²) in [6.45, 7) is 0. The molecular formula is C13H13N3O3S. The summed E-state index contributed by atoms with van der Waals surface area (Å²) in [6, 6.07) is 9.19. The van der Waals surface area contributed by atoms with Crippen LogP contribution < -0.4 is 11.1 Å². The molecule has 0 aliphatic carbocycles. The van der Waals surface area contributed by atoms with E-state index in [1.807, 2.05) is 0 Å². The lowest BCUT2D eigenvalue weighted by molar-refractivity contribution is 0.102. The van der Waals surface area contributed by atoms with Crippen LogP contribution in [0, 0.1) is 0 Å². The van der Waals surface area contributed by atoms with Crippen LogP contribution in [0.5, 0.6) is 0 Å². The Hall–Kier alpha value is -2.41. The number of anilines is 2. The number of nitrogens with two attached hydrogens (primary N) is 1. The van der Waals surface area contributed by atoms with Crippen molar-refractivity contribution in [3.8, 4) is 0 Å². The predicted octanol–water partition coefficient (Wildman–Crippen LogP) is 1.32. The number of rotatable bonds is 3. The Labute approximate surface area is 116 Å². The summed E-state index contributed by atoms with van der Waals surface area (Å²) in [5.74, 6) is -0.499. The Bertz CT molecular complexity index is 740. The van der Waals surface area contributed by atoms with Gasteiger partial charge in [0.2, 0.25) is 0 Å². The number of nitrogens with zero attached hydrogens (tertiary/aromatic N) is 1. The van der Waals surface area contributed by atoms with Crippen molar-refractivity contribution in [2.45, 2.75) is 4.90 Å². The number of aromatic nitrogens is 1. The van der Waals surface area contributed by atoms with E-state index in [0.29, 0.717) is 5.69 Å². The highest BCUT2D eigenvalue weighted by atomic mass is 32.2. The Morgan fingerprint density at radius 3 is 2.50 bits per heavy atom. The fourth-order valence-corrected chi connectivity index (χ4v) is 2.46. The van der Waals surface area contributed by atoms with Crippen LogP contribution in [0.4, 0.5) is 11.4 Å². The van der Waals surface area contributed by atoms with E-state index < -0.39 is 15.7 Å². The number of amides is 1. The van der Waals surface area contributed by atoms with Crippen LogP contribution in [0.15, 0.2) is 47.5 Å².